The maximum atomic E-state index is 4.89. The Hall–Kier alpha value is -0.410. The van der Waals surface area contributed by atoms with Crippen LogP contribution >= 0.6 is 11.3 Å². The highest BCUT2D eigenvalue weighted by Crippen LogP contribution is 2.61. The summed E-state index contributed by atoms with van der Waals surface area (Å²) >= 11 is 1.99. The molecule has 0 amide bonds. The molecule has 116 valence electrons. The van der Waals surface area contributed by atoms with Gasteiger partial charge in [-0.2, -0.15) is 0 Å². The minimum Gasteiger partial charge on any atom is -0.307 e. The van der Waals surface area contributed by atoms with E-state index in [1.54, 1.807) is 0 Å². The predicted octanol–water partition coefficient (Wildman–Crippen LogP) is 4.50. The van der Waals surface area contributed by atoms with Crippen molar-refractivity contribution in [2.45, 2.75) is 76.8 Å². The lowest BCUT2D eigenvalue weighted by Crippen LogP contribution is -2.48. The summed E-state index contributed by atoms with van der Waals surface area (Å²) in [6.45, 7) is 7.66. The number of nitrogens with one attached hydrogen (secondary N) is 1. The molecule has 0 aliphatic heterocycles. The van der Waals surface area contributed by atoms with Crippen LogP contribution in [0.5, 0.6) is 0 Å². The Balaban J connectivity index is 1.53. The molecular weight excluding hydrogens is 276 g/mol. The van der Waals surface area contributed by atoms with E-state index in [0.717, 1.165) is 24.3 Å². The van der Waals surface area contributed by atoms with E-state index in [1.807, 2.05) is 11.3 Å². The number of rotatable bonds is 3. The fraction of sp³-hybridized carbons (Fsp3) is 0.833. The van der Waals surface area contributed by atoms with Crippen molar-refractivity contribution in [1.29, 1.82) is 0 Å². The van der Waals surface area contributed by atoms with Gasteiger partial charge < -0.3 is 5.32 Å². The Labute approximate surface area is 132 Å². The van der Waals surface area contributed by atoms with Crippen LogP contribution < -0.4 is 5.32 Å². The highest BCUT2D eigenvalue weighted by Gasteiger charge is 2.52. The smallest absolute Gasteiger partial charge is 0.0990 e. The van der Waals surface area contributed by atoms with Gasteiger partial charge in [-0.25, -0.2) is 4.98 Å². The number of thiazole rings is 1. The normalized spacial score (nSPS) is 38.1. The summed E-state index contributed by atoms with van der Waals surface area (Å²) in [5, 5.41) is 5.06. The van der Waals surface area contributed by atoms with E-state index in [2.05, 4.69) is 32.3 Å². The van der Waals surface area contributed by atoms with Gasteiger partial charge in [-0.3, -0.25) is 0 Å². The summed E-state index contributed by atoms with van der Waals surface area (Å²) in [7, 11) is 0. The van der Waals surface area contributed by atoms with Crippen molar-refractivity contribution in [3.63, 3.8) is 0 Å². The van der Waals surface area contributed by atoms with E-state index >= 15 is 0 Å². The maximum absolute atomic E-state index is 4.89. The second kappa shape index (κ2) is 4.79. The first-order chi connectivity index (χ1) is 9.92. The second-order valence-electron chi connectivity index (χ2n) is 8.93. The first-order valence-electron chi connectivity index (χ1n) is 8.62. The van der Waals surface area contributed by atoms with Gasteiger partial charge in [0, 0.05) is 28.6 Å². The molecule has 4 saturated carbocycles. The van der Waals surface area contributed by atoms with Gasteiger partial charge in [-0.1, -0.05) is 0 Å². The molecule has 0 spiro atoms. The van der Waals surface area contributed by atoms with Crippen molar-refractivity contribution in [3.8, 4) is 0 Å². The van der Waals surface area contributed by atoms with Crippen LogP contribution in [0.4, 0.5) is 0 Å². The molecule has 4 fully saturated rings. The van der Waals surface area contributed by atoms with Crippen molar-refractivity contribution < 1.29 is 0 Å². The van der Waals surface area contributed by atoms with Crippen LogP contribution in [0.1, 0.15) is 69.2 Å². The van der Waals surface area contributed by atoms with Crippen LogP contribution in [0.25, 0.3) is 0 Å². The van der Waals surface area contributed by atoms with E-state index < -0.39 is 0 Å². The van der Waals surface area contributed by atoms with Crippen LogP contribution in [0.15, 0.2) is 6.20 Å². The van der Waals surface area contributed by atoms with Crippen molar-refractivity contribution in [3.05, 3.63) is 16.1 Å². The van der Waals surface area contributed by atoms with Gasteiger partial charge >= 0.3 is 0 Å². The van der Waals surface area contributed by atoms with Gasteiger partial charge in [0.1, 0.15) is 0 Å². The number of hydrogen-bond donors (Lipinski definition) is 1. The molecule has 5 rings (SSSR count). The Morgan fingerprint density at radius 3 is 2.24 bits per heavy atom. The molecule has 0 unspecified atom stereocenters. The summed E-state index contributed by atoms with van der Waals surface area (Å²) in [6.07, 6.45) is 11.0. The Morgan fingerprint density at radius 1 is 1.14 bits per heavy atom. The standard InChI is InChI=1S/C18H28N2S/c1-17(2,3)20-11-15-10-19-16(21-15)18-7-12-4-13(8-18)6-14(5-12)9-18/h10,12-14,20H,4-9,11H2,1-3H3. The first-order valence-corrected chi connectivity index (χ1v) is 9.44. The number of hydrogen-bond acceptors (Lipinski definition) is 3. The van der Waals surface area contributed by atoms with Crippen molar-refractivity contribution in [2.75, 3.05) is 0 Å². The summed E-state index contributed by atoms with van der Waals surface area (Å²) in [6, 6.07) is 0. The monoisotopic (exact) mass is 304 g/mol. The highest BCUT2D eigenvalue weighted by atomic mass is 32.1. The lowest BCUT2D eigenvalue weighted by Gasteiger charge is -2.56. The van der Waals surface area contributed by atoms with Gasteiger partial charge in [-0.05, 0) is 77.0 Å². The molecule has 1 heterocycles. The van der Waals surface area contributed by atoms with Crippen LogP contribution in [0.2, 0.25) is 0 Å². The zero-order chi connectivity index (χ0) is 14.7. The van der Waals surface area contributed by atoms with Crippen LogP contribution in [-0.4, -0.2) is 10.5 Å². The molecule has 1 aromatic rings. The molecule has 4 bridgehead atoms. The lowest BCUT2D eigenvalue weighted by molar-refractivity contribution is -0.00527. The summed E-state index contributed by atoms with van der Waals surface area (Å²) < 4.78 is 0. The van der Waals surface area contributed by atoms with Crippen LogP contribution in [0, 0.1) is 17.8 Å². The van der Waals surface area contributed by atoms with Crippen molar-refractivity contribution >= 4 is 11.3 Å². The fourth-order valence-electron chi connectivity index (χ4n) is 5.36. The zero-order valence-electron chi connectivity index (χ0n) is 13.6. The summed E-state index contributed by atoms with van der Waals surface area (Å²) in [4.78, 5) is 6.30. The minimum absolute atomic E-state index is 0.185. The molecule has 0 aromatic carbocycles. The average molecular weight is 305 g/mol. The molecular formula is C18H28N2S. The zero-order valence-corrected chi connectivity index (χ0v) is 14.4. The lowest BCUT2D eigenvalue weighted by atomic mass is 9.50. The van der Waals surface area contributed by atoms with E-state index in [4.69, 9.17) is 4.98 Å². The second-order valence-corrected chi connectivity index (χ2v) is 10.0. The fourth-order valence-corrected chi connectivity index (χ4v) is 6.43. The Bertz CT molecular complexity index is 490. The third kappa shape index (κ3) is 2.68. The minimum atomic E-state index is 0.185. The largest absolute Gasteiger partial charge is 0.307 e. The van der Waals surface area contributed by atoms with Gasteiger partial charge in [0.2, 0.25) is 0 Å². The van der Waals surface area contributed by atoms with Gasteiger partial charge in [0.05, 0.1) is 5.01 Å². The topological polar surface area (TPSA) is 24.9 Å². The van der Waals surface area contributed by atoms with E-state index in [1.165, 1.54) is 48.4 Å². The molecule has 0 radical (unpaired) electrons. The van der Waals surface area contributed by atoms with E-state index in [0.29, 0.717) is 5.41 Å². The third-order valence-corrected chi connectivity index (χ3v) is 7.08. The van der Waals surface area contributed by atoms with Crippen LogP contribution in [-0.2, 0) is 12.0 Å². The predicted molar refractivity (Wildman–Crippen MR) is 88.6 cm³/mol. The molecule has 1 aromatic heterocycles. The quantitative estimate of drug-likeness (QED) is 0.889. The molecule has 4 aliphatic carbocycles. The van der Waals surface area contributed by atoms with E-state index in [9.17, 15) is 0 Å². The molecule has 2 nitrogen and oxygen atoms in total. The van der Waals surface area contributed by atoms with Gasteiger partial charge in [-0.15, -0.1) is 11.3 Å². The van der Waals surface area contributed by atoms with Gasteiger partial charge in [0.15, 0.2) is 0 Å². The first kappa shape index (κ1) is 14.2. The SMILES string of the molecule is CC(C)(C)NCc1cnc(C23CC4CC(CC(C4)C2)C3)s1. The molecule has 21 heavy (non-hydrogen) atoms. The molecule has 0 saturated heterocycles. The molecule has 0 atom stereocenters. The molecule has 4 aliphatic rings. The van der Waals surface area contributed by atoms with E-state index in [-0.39, 0.29) is 5.54 Å². The van der Waals surface area contributed by atoms with Crippen molar-refractivity contribution in [1.82, 2.24) is 10.3 Å². The Morgan fingerprint density at radius 2 is 1.71 bits per heavy atom. The van der Waals surface area contributed by atoms with Gasteiger partial charge in [0.25, 0.3) is 0 Å². The van der Waals surface area contributed by atoms with Crippen LogP contribution in [0.3, 0.4) is 0 Å². The molecule has 1 N–H and O–H groups in total. The summed E-state index contributed by atoms with van der Waals surface area (Å²) in [5.74, 6) is 3.03. The summed E-state index contributed by atoms with van der Waals surface area (Å²) in [5.41, 5.74) is 0.657. The number of aromatic nitrogens is 1. The number of nitrogens with zero attached hydrogens (tertiary/aromatic N) is 1. The third-order valence-electron chi connectivity index (χ3n) is 5.84. The maximum Gasteiger partial charge on any atom is 0.0990 e. The van der Waals surface area contributed by atoms with Crippen molar-refractivity contribution in [2.24, 2.45) is 17.8 Å². The Kier molecular flexibility index (Phi) is 3.24. The highest BCUT2D eigenvalue weighted by molar-refractivity contribution is 7.11. The average Bonchev–Trinajstić information content (AvgIpc) is 2.83. The molecule has 3 heteroatoms.